The lowest BCUT2D eigenvalue weighted by Crippen LogP contribution is -2.11. The topological polar surface area (TPSA) is 64.7 Å². The van der Waals surface area contributed by atoms with Crippen molar-refractivity contribution in [1.29, 1.82) is 0 Å². The normalized spacial score (nSPS) is 12.0. The van der Waals surface area contributed by atoms with Crippen molar-refractivity contribution < 1.29 is 0 Å². The molecule has 2 aromatic heterocycles. The molecule has 3 aromatic rings. The van der Waals surface area contributed by atoms with E-state index in [0.717, 1.165) is 27.4 Å². The zero-order valence-corrected chi connectivity index (χ0v) is 13.2. The van der Waals surface area contributed by atoms with E-state index in [9.17, 15) is 0 Å². The Kier molecular flexibility index (Phi) is 3.37. The van der Waals surface area contributed by atoms with Crippen LogP contribution in [0.2, 0.25) is 0 Å². The average Bonchev–Trinajstić information content (AvgIpc) is 2.88. The summed E-state index contributed by atoms with van der Waals surface area (Å²) in [6.45, 7) is 6.49. The number of aromatic nitrogens is 3. The number of rotatable bonds is 2. The highest BCUT2D eigenvalue weighted by molar-refractivity contribution is 7.09. The number of thiazole rings is 1. The molecule has 0 amide bonds. The number of anilines is 1. The van der Waals surface area contributed by atoms with Crippen LogP contribution in [0.1, 0.15) is 37.2 Å². The number of nitrogen functional groups attached to an aromatic ring is 1. The Morgan fingerprint density at radius 3 is 2.33 bits per heavy atom. The van der Waals surface area contributed by atoms with E-state index in [1.54, 1.807) is 11.3 Å². The number of para-hydroxylation sites is 2. The Hall–Kier alpha value is -2.01. The first kappa shape index (κ1) is 13.9. The minimum absolute atomic E-state index is 0.0648. The maximum absolute atomic E-state index is 6.03. The second-order valence-corrected chi connectivity index (χ2v) is 7.04. The monoisotopic (exact) mass is 298 g/mol. The van der Waals surface area contributed by atoms with Crippen LogP contribution >= 0.6 is 11.3 Å². The van der Waals surface area contributed by atoms with E-state index in [2.05, 4.69) is 36.1 Å². The highest BCUT2D eigenvalue weighted by atomic mass is 32.1. The maximum atomic E-state index is 6.03. The molecule has 0 saturated carbocycles. The summed E-state index contributed by atoms with van der Waals surface area (Å²) in [7, 11) is 0. The quantitative estimate of drug-likeness (QED) is 0.785. The van der Waals surface area contributed by atoms with Crippen molar-refractivity contribution >= 4 is 28.2 Å². The third-order valence-corrected chi connectivity index (χ3v) is 4.16. The Bertz CT molecular complexity index is 786. The van der Waals surface area contributed by atoms with Crippen molar-refractivity contribution in [3.05, 3.63) is 46.0 Å². The van der Waals surface area contributed by atoms with Gasteiger partial charge in [0, 0.05) is 17.2 Å². The maximum Gasteiger partial charge on any atom is 0.146 e. The largest absolute Gasteiger partial charge is 0.382 e. The number of hydrogen-bond donors (Lipinski definition) is 1. The summed E-state index contributed by atoms with van der Waals surface area (Å²) < 4.78 is 0. The first-order valence-corrected chi connectivity index (χ1v) is 7.77. The molecule has 0 radical (unpaired) electrons. The van der Waals surface area contributed by atoms with E-state index in [4.69, 9.17) is 10.7 Å². The van der Waals surface area contributed by atoms with Gasteiger partial charge in [-0.05, 0) is 12.1 Å². The molecule has 5 heteroatoms. The molecule has 2 N–H and O–H groups in total. The van der Waals surface area contributed by atoms with Crippen molar-refractivity contribution in [1.82, 2.24) is 15.0 Å². The lowest BCUT2D eigenvalue weighted by Gasteiger charge is -2.14. The zero-order valence-electron chi connectivity index (χ0n) is 12.4. The zero-order chi connectivity index (χ0) is 15.0. The fourth-order valence-electron chi connectivity index (χ4n) is 2.06. The molecule has 0 unspecified atom stereocenters. The predicted molar refractivity (Wildman–Crippen MR) is 87.6 cm³/mol. The van der Waals surface area contributed by atoms with E-state index in [-0.39, 0.29) is 5.41 Å². The van der Waals surface area contributed by atoms with Gasteiger partial charge in [-0.1, -0.05) is 32.9 Å². The standard InChI is InChI=1S/C16H18N4S/c1-16(2,3)13-9-21-14(20-13)8-12-15(17)19-11-7-5-4-6-10(11)18-12/h4-7,9H,8H2,1-3H3,(H2,17,19). The molecule has 0 spiro atoms. The number of fused-ring (bicyclic) bond motifs is 1. The molecule has 2 heterocycles. The Labute approximate surface area is 128 Å². The molecule has 4 nitrogen and oxygen atoms in total. The molecule has 21 heavy (non-hydrogen) atoms. The first-order chi connectivity index (χ1) is 9.93. The van der Waals surface area contributed by atoms with Crippen LogP contribution in [-0.2, 0) is 11.8 Å². The summed E-state index contributed by atoms with van der Waals surface area (Å²) in [6.07, 6.45) is 0.629. The van der Waals surface area contributed by atoms with Crippen molar-refractivity contribution in [2.24, 2.45) is 0 Å². The molecule has 108 valence electrons. The molecule has 3 rings (SSSR count). The van der Waals surface area contributed by atoms with E-state index in [0.29, 0.717) is 12.2 Å². The summed E-state index contributed by atoms with van der Waals surface area (Å²) in [5.74, 6) is 0.487. The van der Waals surface area contributed by atoms with Gasteiger partial charge < -0.3 is 5.73 Å². The lowest BCUT2D eigenvalue weighted by atomic mass is 9.93. The summed E-state index contributed by atoms with van der Waals surface area (Å²) in [5, 5.41) is 3.14. The second-order valence-electron chi connectivity index (χ2n) is 6.10. The highest BCUT2D eigenvalue weighted by Crippen LogP contribution is 2.26. The molecule has 0 aliphatic carbocycles. The van der Waals surface area contributed by atoms with Crippen LogP contribution in [0.15, 0.2) is 29.6 Å². The summed E-state index contributed by atoms with van der Waals surface area (Å²) >= 11 is 1.65. The Balaban J connectivity index is 1.94. The van der Waals surface area contributed by atoms with Gasteiger partial charge in [0.25, 0.3) is 0 Å². The molecule has 0 aliphatic heterocycles. The van der Waals surface area contributed by atoms with E-state index >= 15 is 0 Å². The summed E-state index contributed by atoms with van der Waals surface area (Å²) in [5.41, 5.74) is 9.69. The molecule has 1 aromatic carbocycles. The molecule has 0 aliphatic rings. The van der Waals surface area contributed by atoms with Gasteiger partial charge in [0.15, 0.2) is 0 Å². The van der Waals surface area contributed by atoms with Crippen molar-refractivity contribution in [2.75, 3.05) is 5.73 Å². The average molecular weight is 298 g/mol. The Morgan fingerprint density at radius 2 is 1.71 bits per heavy atom. The molecule has 0 atom stereocenters. The molecule has 0 fully saturated rings. The number of nitrogens with two attached hydrogens (primary N) is 1. The number of benzene rings is 1. The van der Waals surface area contributed by atoms with Crippen LogP contribution in [0.3, 0.4) is 0 Å². The van der Waals surface area contributed by atoms with Crippen LogP contribution in [0.5, 0.6) is 0 Å². The summed E-state index contributed by atoms with van der Waals surface area (Å²) in [6, 6.07) is 7.77. The number of nitrogens with zero attached hydrogens (tertiary/aromatic N) is 3. The van der Waals surface area contributed by atoms with Crippen molar-refractivity contribution in [3.63, 3.8) is 0 Å². The van der Waals surface area contributed by atoms with Crippen molar-refractivity contribution in [3.8, 4) is 0 Å². The predicted octanol–water partition coefficient (Wildman–Crippen LogP) is 3.56. The molecular weight excluding hydrogens is 280 g/mol. The Morgan fingerprint density at radius 1 is 1.05 bits per heavy atom. The molecule has 0 saturated heterocycles. The number of hydrogen-bond acceptors (Lipinski definition) is 5. The van der Waals surface area contributed by atoms with Gasteiger partial charge >= 0.3 is 0 Å². The van der Waals surface area contributed by atoms with Gasteiger partial charge in [0.1, 0.15) is 5.82 Å². The third kappa shape index (κ3) is 2.88. The molecular formula is C16H18N4S. The van der Waals surface area contributed by atoms with Gasteiger partial charge in [0.2, 0.25) is 0 Å². The van der Waals surface area contributed by atoms with E-state index < -0.39 is 0 Å². The van der Waals surface area contributed by atoms with E-state index in [1.165, 1.54) is 0 Å². The van der Waals surface area contributed by atoms with Crippen LogP contribution in [0.25, 0.3) is 11.0 Å². The van der Waals surface area contributed by atoms with Crippen LogP contribution < -0.4 is 5.73 Å². The van der Waals surface area contributed by atoms with Crippen LogP contribution in [0, 0.1) is 0 Å². The van der Waals surface area contributed by atoms with Gasteiger partial charge in [0.05, 0.1) is 27.4 Å². The smallest absolute Gasteiger partial charge is 0.146 e. The minimum atomic E-state index is 0.0648. The third-order valence-electron chi connectivity index (χ3n) is 3.31. The highest BCUT2D eigenvalue weighted by Gasteiger charge is 2.18. The van der Waals surface area contributed by atoms with Gasteiger partial charge in [-0.15, -0.1) is 11.3 Å². The second kappa shape index (κ2) is 5.07. The first-order valence-electron chi connectivity index (χ1n) is 6.89. The minimum Gasteiger partial charge on any atom is -0.382 e. The van der Waals surface area contributed by atoms with Crippen LogP contribution in [0.4, 0.5) is 5.82 Å². The van der Waals surface area contributed by atoms with Crippen LogP contribution in [-0.4, -0.2) is 15.0 Å². The van der Waals surface area contributed by atoms with Gasteiger partial charge in [-0.3, -0.25) is 0 Å². The lowest BCUT2D eigenvalue weighted by molar-refractivity contribution is 0.571. The van der Waals surface area contributed by atoms with Crippen molar-refractivity contribution in [2.45, 2.75) is 32.6 Å². The van der Waals surface area contributed by atoms with Gasteiger partial charge in [-0.2, -0.15) is 0 Å². The molecule has 0 bridgehead atoms. The van der Waals surface area contributed by atoms with E-state index in [1.807, 2.05) is 24.3 Å². The SMILES string of the molecule is CC(C)(C)c1csc(Cc2nc3ccccc3nc2N)n1. The summed E-state index contributed by atoms with van der Waals surface area (Å²) in [4.78, 5) is 13.7. The fourth-order valence-corrected chi connectivity index (χ4v) is 3.09. The fraction of sp³-hybridized carbons (Fsp3) is 0.312. The van der Waals surface area contributed by atoms with Gasteiger partial charge in [-0.25, -0.2) is 15.0 Å².